The lowest BCUT2D eigenvalue weighted by molar-refractivity contribution is 0.456. The Morgan fingerprint density at radius 3 is 1.55 bits per heavy atom. The van der Waals surface area contributed by atoms with Gasteiger partial charge in [0.05, 0.1) is 10.0 Å². The first-order chi connectivity index (χ1) is 9.65. The van der Waals surface area contributed by atoms with Crippen LogP contribution >= 0.6 is 11.3 Å². The molecule has 0 amide bonds. The lowest BCUT2D eigenvalue weighted by atomic mass is 10.2. The number of rotatable bonds is 6. The van der Waals surface area contributed by atoms with Gasteiger partial charge < -0.3 is 27.4 Å². The van der Waals surface area contributed by atoms with Crippen molar-refractivity contribution >= 4 is 21.3 Å². The van der Waals surface area contributed by atoms with E-state index in [9.17, 15) is 0 Å². The van der Waals surface area contributed by atoms with Crippen LogP contribution in [0, 0.1) is 0 Å². The molecule has 0 radical (unpaired) electrons. The minimum absolute atomic E-state index is 0.721. The predicted octanol–water partition coefficient (Wildman–Crippen LogP) is 1.97. The predicted molar refractivity (Wildman–Crippen MR) is 86.6 cm³/mol. The van der Waals surface area contributed by atoms with Crippen LogP contribution in [-0.2, 0) is 12.8 Å². The molecular formula is C14H24N4OS. The summed E-state index contributed by atoms with van der Waals surface area (Å²) in [5.41, 5.74) is 21.4. The minimum atomic E-state index is 0.721. The normalized spacial score (nSPS) is 10.1. The summed E-state index contributed by atoms with van der Waals surface area (Å²) in [6, 6.07) is 7.64. The molecule has 20 heavy (non-hydrogen) atoms. The number of anilines is 2. The van der Waals surface area contributed by atoms with Crippen LogP contribution in [0.5, 0.6) is 0 Å². The van der Waals surface area contributed by atoms with Crippen molar-refractivity contribution in [3.8, 4) is 0 Å². The van der Waals surface area contributed by atoms with E-state index in [4.69, 9.17) is 27.4 Å². The maximum absolute atomic E-state index is 5.58. The molecule has 5 nitrogen and oxygen atoms in total. The van der Waals surface area contributed by atoms with Crippen LogP contribution < -0.4 is 22.9 Å². The molecule has 0 saturated heterocycles. The lowest BCUT2D eigenvalue weighted by Gasteiger charge is -1.95. The standard InChI is InChI=1S/C10H18N2O.C4H6N2S/c11-7-1-3-9-5-6-10(13-9)4-2-8-12;5-3-1-2-4(6)7-3/h5-6H,1-4,7-8,11-12H2;1-2H,5-6H2. The zero-order valence-corrected chi connectivity index (χ0v) is 12.5. The van der Waals surface area contributed by atoms with Gasteiger partial charge in [-0.1, -0.05) is 0 Å². The number of hydrogen-bond acceptors (Lipinski definition) is 6. The van der Waals surface area contributed by atoms with E-state index in [0.29, 0.717) is 0 Å². The second-order valence-electron chi connectivity index (χ2n) is 4.39. The summed E-state index contributed by atoms with van der Waals surface area (Å²) < 4.78 is 5.58. The topological polar surface area (TPSA) is 117 Å². The van der Waals surface area contributed by atoms with Crippen LogP contribution in [0.2, 0.25) is 0 Å². The highest BCUT2D eigenvalue weighted by Crippen LogP contribution is 2.19. The molecule has 0 spiro atoms. The number of furan rings is 1. The van der Waals surface area contributed by atoms with Gasteiger partial charge in [0.1, 0.15) is 11.5 Å². The summed E-state index contributed by atoms with van der Waals surface area (Å²) in [6.45, 7) is 1.44. The zero-order chi connectivity index (χ0) is 14.8. The molecule has 0 aliphatic heterocycles. The van der Waals surface area contributed by atoms with Crippen LogP contribution in [0.3, 0.4) is 0 Å². The second-order valence-corrected chi connectivity index (χ2v) is 5.54. The summed E-state index contributed by atoms with van der Waals surface area (Å²) in [4.78, 5) is 0. The maximum atomic E-state index is 5.58. The van der Waals surface area contributed by atoms with E-state index in [-0.39, 0.29) is 0 Å². The van der Waals surface area contributed by atoms with Crippen LogP contribution in [0.4, 0.5) is 10.0 Å². The number of nitrogens with two attached hydrogens (primary N) is 4. The quantitative estimate of drug-likeness (QED) is 0.650. The van der Waals surface area contributed by atoms with Gasteiger partial charge >= 0.3 is 0 Å². The Morgan fingerprint density at radius 1 is 0.800 bits per heavy atom. The highest BCUT2D eigenvalue weighted by atomic mass is 32.1. The molecule has 0 fully saturated rings. The molecule has 0 aliphatic rings. The molecule has 2 heterocycles. The van der Waals surface area contributed by atoms with E-state index < -0.39 is 0 Å². The summed E-state index contributed by atoms with van der Waals surface area (Å²) in [7, 11) is 0. The van der Waals surface area contributed by atoms with Crippen molar-refractivity contribution < 1.29 is 4.42 Å². The van der Waals surface area contributed by atoms with Crippen LogP contribution in [0.15, 0.2) is 28.7 Å². The first-order valence-corrected chi connectivity index (χ1v) is 7.56. The Hall–Kier alpha value is -1.50. The van der Waals surface area contributed by atoms with Gasteiger partial charge in [-0.05, 0) is 50.2 Å². The Kier molecular flexibility index (Phi) is 7.79. The van der Waals surface area contributed by atoms with E-state index in [1.54, 1.807) is 12.1 Å². The molecule has 0 unspecified atom stereocenters. The van der Waals surface area contributed by atoms with Gasteiger partial charge in [0.15, 0.2) is 0 Å². The van der Waals surface area contributed by atoms with E-state index in [1.165, 1.54) is 11.3 Å². The zero-order valence-electron chi connectivity index (χ0n) is 11.7. The summed E-state index contributed by atoms with van der Waals surface area (Å²) in [5.74, 6) is 2.08. The number of aryl methyl sites for hydroxylation is 2. The van der Waals surface area contributed by atoms with Crippen LogP contribution in [0.25, 0.3) is 0 Å². The van der Waals surface area contributed by atoms with Gasteiger partial charge in [-0.25, -0.2) is 0 Å². The molecule has 0 aliphatic carbocycles. The van der Waals surface area contributed by atoms with E-state index in [2.05, 4.69) is 0 Å². The second kappa shape index (κ2) is 9.41. The van der Waals surface area contributed by atoms with Gasteiger partial charge in [0.25, 0.3) is 0 Å². The lowest BCUT2D eigenvalue weighted by Crippen LogP contribution is -2.00. The summed E-state index contributed by atoms with van der Waals surface area (Å²) >= 11 is 1.40. The largest absolute Gasteiger partial charge is 0.466 e. The molecule has 2 aromatic heterocycles. The molecule has 2 rings (SSSR count). The Bertz CT molecular complexity index is 442. The Labute approximate surface area is 123 Å². The van der Waals surface area contributed by atoms with Crippen molar-refractivity contribution in [2.75, 3.05) is 24.6 Å². The van der Waals surface area contributed by atoms with Gasteiger partial charge in [0, 0.05) is 12.8 Å². The van der Waals surface area contributed by atoms with Crippen molar-refractivity contribution in [3.05, 3.63) is 35.8 Å². The Morgan fingerprint density at radius 2 is 1.25 bits per heavy atom. The first-order valence-electron chi connectivity index (χ1n) is 6.74. The van der Waals surface area contributed by atoms with Crippen LogP contribution in [0.1, 0.15) is 24.4 Å². The van der Waals surface area contributed by atoms with E-state index in [1.807, 2.05) is 12.1 Å². The fourth-order valence-electron chi connectivity index (χ4n) is 1.61. The first kappa shape index (κ1) is 16.6. The van der Waals surface area contributed by atoms with E-state index in [0.717, 1.165) is 60.3 Å². The van der Waals surface area contributed by atoms with Crippen molar-refractivity contribution in [2.45, 2.75) is 25.7 Å². The third kappa shape index (κ3) is 6.60. The summed E-state index contributed by atoms with van der Waals surface area (Å²) in [5, 5.41) is 1.55. The van der Waals surface area contributed by atoms with Gasteiger partial charge in [-0.3, -0.25) is 0 Å². The number of nitrogen functional groups attached to an aromatic ring is 2. The molecule has 112 valence electrons. The highest BCUT2D eigenvalue weighted by molar-refractivity contribution is 7.19. The molecule has 0 bridgehead atoms. The van der Waals surface area contributed by atoms with Crippen LogP contribution in [-0.4, -0.2) is 13.1 Å². The maximum Gasteiger partial charge on any atom is 0.104 e. The fourth-order valence-corrected chi connectivity index (χ4v) is 2.16. The molecular weight excluding hydrogens is 272 g/mol. The number of thiophene rings is 1. The highest BCUT2D eigenvalue weighted by Gasteiger charge is 2.00. The molecule has 0 aromatic carbocycles. The third-order valence-electron chi connectivity index (χ3n) is 2.62. The van der Waals surface area contributed by atoms with Gasteiger partial charge in [0.2, 0.25) is 0 Å². The van der Waals surface area contributed by atoms with Gasteiger partial charge in [-0.2, -0.15) is 0 Å². The number of hydrogen-bond donors (Lipinski definition) is 4. The molecule has 0 atom stereocenters. The van der Waals surface area contributed by atoms with E-state index >= 15 is 0 Å². The van der Waals surface area contributed by atoms with Crippen molar-refractivity contribution in [1.29, 1.82) is 0 Å². The minimum Gasteiger partial charge on any atom is -0.466 e. The van der Waals surface area contributed by atoms with Gasteiger partial charge in [-0.15, -0.1) is 11.3 Å². The van der Waals surface area contributed by atoms with Crippen molar-refractivity contribution in [1.82, 2.24) is 0 Å². The molecule has 0 saturated carbocycles. The average Bonchev–Trinajstić information content (AvgIpc) is 3.04. The van der Waals surface area contributed by atoms with Crippen molar-refractivity contribution in [2.24, 2.45) is 11.5 Å². The van der Waals surface area contributed by atoms with Crippen molar-refractivity contribution in [3.63, 3.8) is 0 Å². The molecule has 6 heteroatoms. The molecule has 8 N–H and O–H groups in total. The third-order valence-corrected chi connectivity index (χ3v) is 3.36. The Balaban J connectivity index is 0.000000240. The average molecular weight is 296 g/mol. The SMILES string of the molecule is NCCCc1ccc(CCCN)o1.Nc1ccc(N)s1. The molecule has 2 aromatic rings. The fraction of sp³-hybridized carbons (Fsp3) is 0.429. The monoisotopic (exact) mass is 296 g/mol. The summed E-state index contributed by atoms with van der Waals surface area (Å²) in [6.07, 6.45) is 3.87. The smallest absolute Gasteiger partial charge is 0.104 e.